The summed E-state index contributed by atoms with van der Waals surface area (Å²) in [5, 5.41) is 13.1. The third kappa shape index (κ3) is 4.29. The van der Waals surface area contributed by atoms with Crippen LogP contribution >= 0.6 is 22.7 Å². The van der Waals surface area contributed by atoms with Crippen LogP contribution in [0.15, 0.2) is 170 Å². The Kier molecular flexibility index (Phi) is 6.09. The summed E-state index contributed by atoms with van der Waals surface area (Å²) in [4.78, 5) is 0. The van der Waals surface area contributed by atoms with E-state index >= 15 is 0 Å². The van der Waals surface area contributed by atoms with E-state index in [1.807, 2.05) is 22.7 Å². The van der Waals surface area contributed by atoms with Gasteiger partial charge in [-0.1, -0.05) is 109 Å². The van der Waals surface area contributed by atoms with Crippen molar-refractivity contribution >= 4 is 95.3 Å². The number of hydrogen-bond donors (Lipinski definition) is 0. The molecule has 2 aromatic heterocycles. The second kappa shape index (κ2) is 10.9. The van der Waals surface area contributed by atoms with Crippen molar-refractivity contribution in [1.29, 1.82) is 0 Å². The molecule has 232 valence electrons. The Morgan fingerprint density at radius 3 is 0.980 bits per heavy atom. The Morgan fingerprint density at radius 1 is 0.200 bits per heavy atom. The minimum atomic E-state index is 1.22. The van der Waals surface area contributed by atoms with Crippen LogP contribution in [0.25, 0.3) is 106 Å². The third-order valence-corrected chi connectivity index (χ3v) is 12.7. The number of rotatable bonds is 3. The van der Waals surface area contributed by atoms with Crippen molar-refractivity contribution in [3.05, 3.63) is 170 Å². The molecular formula is C48H28S2. The summed E-state index contributed by atoms with van der Waals surface area (Å²) in [5.74, 6) is 0. The van der Waals surface area contributed by atoms with Gasteiger partial charge in [-0.2, -0.15) is 0 Å². The maximum atomic E-state index is 2.41. The normalized spacial score (nSPS) is 12.0. The van der Waals surface area contributed by atoms with Crippen LogP contribution in [0.1, 0.15) is 0 Å². The van der Waals surface area contributed by atoms with Gasteiger partial charge in [-0.25, -0.2) is 0 Å². The van der Waals surface area contributed by atoms with E-state index in [1.165, 1.54) is 106 Å². The van der Waals surface area contributed by atoms with E-state index in [2.05, 4.69) is 170 Å². The van der Waals surface area contributed by atoms with Crippen molar-refractivity contribution in [3.63, 3.8) is 0 Å². The molecule has 0 fully saturated rings. The topological polar surface area (TPSA) is 0 Å². The average Bonchev–Trinajstić information content (AvgIpc) is 3.75. The van der Waals surface area contributed by atoms with Crippen LogP contribution in [0, 0.1) is 0 Å². The summed E-state index contributed by atoms with van der Waals surface area (Å²) in [7, 11) is 0. The average molecular weight is 669 g/mol. The molecule has 0 aliphatic heterocycles. The largest absolute Gasteiger partial charge is 0.135 e. The third-order valence-electron chi connectivity index (χ3n) is 10.4. The maximum Gasteiger partial charge on any atom is 0.0355 e. The molecule has 0 N–H and O–H groups in total. The van der Waals surface area contributed by atoms with Crippen LogP contribution in [-0.2, 0) is 0 Å². The summed E-state index contributed by atoms with van der Waals surface area (Å²) < 4.78 is 5.33. The van der Waals surface area contributed by atoms with Crippen LogP contribution < -0.4 is 0 Å². The van der Waals surface area contributed by atoms with Crippen molar-refractivity contribution in [3.8, 4) is 33.4 Å². The lowest BCUT2D eigenvalue weighted by Gasteiger charge is -2.14. The van der Waals surface area contributed by atoms with Gasteiger partial charge in [-0.05, 0) is 126 Å². The number of fused-ring (bicyclic) bond motifs is 12. The molecule has 11 rings (SSSR count). The molecule has 0 bridgehead atoms. The molecule has 2 heteroatoms. The Hall–Kier alpha value is -5.80. The highest BCUT2D eigenvalue weighted by atomic mass is 32.1. The van der Waals surface area contributed by atoms with Crippen molar-refractivity contribution in [2.75, 3.05) is 0 Å². The maximum absolute atomic E-state index is 2.41. The lowest BCUT2D eigenvalue weighted by atomic mass is 9.89. The zero-order valence-corrected chi connectivity index (χ0v) is 28.6. The molecule has 0 radical (unpaired) electrons. The Labute approximate surface area is 297 Å². The summed E-state index contributed by atoms with van der Waals surface area (Å²) in [6, 6.07) is 63.4. The molecule has 0 aliphatic carbocycles. The quantitative estimate of drug-likeness (QED) is 0.164. The summed E-state index contributed by atoms with van der Waals surface area (Å²) in [6.07, 6.45) is 0. The zero-order chi connectivity index (χ0) is 32.8. The first-order valence-corrected chi connectivity index (χ1v) is 18.7. The van der Waals surface area contributed by atoms with E-state index in [0.717, 1.165) is 0 Å². The van der Waals surface area contributed by atoms with E-state index in [1.54, 1.807) is 0 Å². The van der Waals surface area contributed by atoms with Crippen LogP contribution in [0.5, 0.6) is 0 Å². The van der Waals surface area contributed by atoms with E-state index in [-0.39, 0.29) is 0 Å². The molecular weight excluding hydrogens is 641 g/mol. The second-order valence-corrected chi connectivity index (χ2v) is 15.4. The Bertz CT molecular complexity index is 2990. The SMILES string of the molecule is c1ccc2c(c1)sc1ccc(-c3cc(-c4ccc5sc6ccccc6c5c4)cc(-c4ccc5c6ccccc6c6ccccc6c5c4)c3)cc12. The number of thiophene rings is 2. The monoisotopic (exact) mass is 668 g/mol. The van der Waals surface area contributed by atoms with Gasteiger partial charge in [0.15, 0.2) is 0 Å². The molecule has 0 nitrogen and oxygen atoms in total. The summed E-state index contributed by atoms with van der Waals surface area (Å²) in [6.45, 7) is 0. The van der Waals surface area contributed by atoms with Crippen molar-refractivity contribution < 1.29 is 0 Å². The van der Waals surface area contributed by atoms with Gasteiger partial charge >= 0.3 is 0 Å². The highest BCUT2D eigenvalue weighted by Gasteiger charge is 2.14. The Balaban J connectivity index is 1.16. The molecule has 0 saturated heterocycles. The first kappa shape index (κ1) is 28.1. The summed E-state index contributed by atoms with van der Waals surface area (Å²) >= 11 is 3.74. The van der Waals surface area contributed by atoms with Gasteiger partial charge in [0.2, 0.25) is 0 Å². The van der Waals surface area contributed by atoms with Crippen molar-refractivity contribution in [1.82, 2.24) is 0 Å². The minimum absolute atomic E-state index is 1.22. The molecule has 0 unspecified atom stereocenters. The van der Waals surface area contributed by atoms with Gasteiger partial charge in [0.1, 0.15) is 0 Å². The van der Waals surface area contributed by atoms with E-state index in [9.17, 15) is 0 Å². The lowest BCUT2D eigenvalue weighted by molar-refractivity contribution is 1.60. The molecule has 2 heterocycles. The number of benzene rings is 9. The van der Waals surface area contributed by atoms with Crippen molar-refractivity contribution in [2.24, 2.45) is 0 Å². The Morgan fingerprint density at radius 2 is 0.520 bits per heavy atom. The summed E-state index contributed by atoms with van der Waals surface area (Å²) in [5.41, 5.74) is 7.39. The van der Waals surface area contributed by atoms with Gasteiger partial charge in [0.05, 0.1) is 0 Å². The van der Waals surface area contributed by atoms with E-state index in [0.29, 0.717) is 0 Å². The van der Waals surface area contributed by atoms with Crippen LogP contribution in [-0.4, -0.2) is 0 Å². The molecule has 0 amide bonds. The van der Waals surface area contributed by atoms with Gasteiger partial charge in [0.25, 0.3) is 0 Å². The predicted octanol–water partition coefficient (Wildman–Crippen LogP) is 14.9. The first-order valence-electron chi connectivity index (χ1n) is 17.1. The zero-order valence-electron chi connectivity index (χ0n) is 27.0. The molecule has 0 saturated carbocycles. The van der Waals surface area contributed by atoms with Crippen LogP contribution in [0.3, 0.4) is 0 Å². The molecule has 50 heavy (non-hydrogen) atoms. The van der Waals surface area contributed by atoms with Gasteiger partial charge in [0, 0.05) is 40.3 Å². The van der Waals surface area contributed by atoms with Crippen LogP contribution in [0.2, 0.25) is 0 Å². The standard InChI is InChI=1S/C48H28S2/c1-2-11-37-35(9-1)36-10-3-4-12-38(36)42-26-29(17-20-39(37)42)32-23-33(30-18-21-47-43(27-30)40-13-5-7-15-45(40)49-47)25-34(24-32)31-19-22-48-44(28-31)41-14-6-8-16-46(41)50-48/h1-28H. The van der Waals surface area contributed by atoms with Crippen LogP contribution in [0.4, 0.5) is 0 Å². The fourth-order valence-electron chi connectivity index (χ4n) is 8.03. The molecule has 0 spiro atoms. The highest BCUT2D eigenvalue weighted by Crippen LogP contribution is 2.42. The second-order valence-electron chi connectivity index (χ2n) is 13.3. The molecule has 9 aromatic carbocycles. The van der Waals surface area contributed by atoms with E-state index < -0.39 is 0 Å². The van der Waals surface area contributed by atoms with E-state index in [4.69, 9.17) is 0 Å². The molecule has 0 atom stereocenters. The molecule has 0 aliphatic rings. The van der Waals surface area contributed by atoms with Gasteiger partial charge in [-0.3, -0.25) is 0 Å². The first-order chi connectivity index (χ1) is 24.7. The number of hydrogen-bond acceptors (Lipinski definition) is 2. The minimum Gasteiger partial charge on any atom is -0.135 e. The molecule has 11 aromatic rings. The van der Waals surface area contributed by atoms with Gasteiger partial charge < -0.3 is 0 Å². The van der Waals surface area contributed by atoms with Crippen molar-refractivity contribution in [2.45, 2.75) is 0 Å². The fourth-order valence-corrected chi connectivity index (χ4v) is 10.2. The fraction of sp³-hybridized carbons (Fsp3) is 0. The smallest absolute Gasteiger partial charge is 0.0355 e. The lowest BCUT2D eigenvalue weighted by Crippen LogP contribution is -1.88. The van der Waals surface area contributed by atoms with Gasteiger partial charge in [-0.15, -0.1) is 22.7 Å². The predicted molar refractivity (Wildman–Crippen MR) is 221 cm³/mol. The highest BCUT2D eigenvalue weighted by molar-refractivity contribution is 7.26.